The van der Waals surface area contributed by atoms with Crippen LogP contribution in [0.15, 0.2) is 11.6 Å². The van der Waals surface area contributed by atoms with Crippen LogP contribution in [0.4, 0.5) is 4.79 Å². The number of allylic oxidation sites excluding steroid dienone is 1. The summed E-state index contributed by atoms with van der Waals surface area (Å²) in [5.74, 6) is 6.50. The normalized spacial score (nSPS) is 37.1. The molecule has 0 radical (unpaired) electrons. The number of fused-ring (bicyclic) bond motifs is 5. The van der Waals surface area contributed by atoms with Crippen molar-refractivity contribution in [3.63, 3.8) is 0 Å². The summed E-state index contributed by atoms with van der Waals surface area (Å²) < 4.78 is 11.1. The van der Waals surface area contributed by atoms with Crippen LogP contribution >= 0.6 is 21.6 Å². The zero-order chi connectivity index (χ0) is 27.3. The van der Waals surface area contributed by atoms with Gasteiger partial charge in [-0.25, -0.2) is 4.79 Å². The zero-order valence-electron chi connectivity index (χ0n) is 24.7. The van der Waals surface area contributed by atoms with Crippen molar-refractivity contribution in [2.75, 3.05) is 24.7 Å². The van der Waals surface area contributed by atoms with Gasteiger partial charge in [0.15, 0.2) is 0 Å². The van der Waals surface area contributed by atoms with Gasteiger partial charge < -0.3 is 14.6 Å². The molecule has 0 aromatic carbocycles. The Morgan fingerprint density at radius 2 is 1.84 bits per heavy atom. The lowest BCUT2D eigenvalue weighted by molar-refractivity contribution is -0.0614. The monoisotopic (exact) mass is 566 g/mol. The first-order valence-electron chi connectivity index (χ1n) is 15.6. The Morgan fingerprint density at radius 1 is 1.05 bits per heavy atom. The third-order valence-corrected chi connectivity index (χ3v) is 13.5. The van der Waals surface area contributed by atoms with E-state index in [9.17, 15) is 4.79 Å². The molecule has 3 saturated carbocycles. The van der Waals surface area contributed by atoms with Crippen LogP contribution in [0.1, 0.15) is 105 Å². The molecule has 0 aliphatic heterocycles. The Labute approximate surface area is 240 Å². The molecular formula is C32H54O4S2. The fourth-order valence-corrected chi connectivity index (χ4v) is 10.8. The molecule has 38 heavy (non-hydrogen) atoms. The summed E-state index contributed by atoms with van der Waals surface area (Å²) in [6.45, 7) is 13.0. The Kier molecular flexibility index (Phi) is 10.9. The Balaban J connectivity index is 1.31. The summed E-state index contributed by atoms with van der Waals surface area (Å²) in [6, 6.07) is 0. The highest BCUT2D eigenvalue weighted by Crippen LogP contribution is 2.67. The minimum Gasteiger partial charge on any atom is -0.433 e. The summed E-state index contributed by atoms with van der Waals surface area (Å²) in [4.78, 5) is 12.3. The van der Waals surface area contributed by atoms with Gasteiger partial charge in [-0.2, -0.15) is 0 Å². The van der Waals surface area contributed by atoms with Crippen molar-refractivity contribution in [3.8, 4) is 0 Å². The lowest BCUT2D eigenvalue weighted by Crippen LogP contribution is -2.51. The lowest BCUT2D eigenvalue weighted by atomic mass is 9.47. The van der Waals surface area contributed by atoms with Crippen LogP contribution < -0.4 is 0 Å². The number of hydrogen-bond acceptors (Lipinski definition) is 6. The highest BCUT2D eigenvalue weighted by molar-refractivity contribution is 8.76. The van der Waals surface area contributed by atoms with Crippen molar-refractivity contribution in [3.05, 3.63) is 11.6 Å². The molecule has 4 rings (SSSR count). The first-order chi connectivity index (χ1) is 18.2. The van der Waals surface area contributed by atoms with E-state index in [-0.39, 0.29) is 18.1 Å². The number of aliphatic hydroxyl groups excluding tert-OH is 1. The Hall–Kier alpha value is -0.330. The molecule has 0 heterocycles. The van der Waals surface area contributed by atoms with E-state index < -0.39 is 6.16 Å². The molecule has 0 saturated heterocycles. The smallest absolute Gasteiger partial charge is 0.433 e. The van der Waals surface area contributed by atoms with Crippen LogP contribution in [0.25, 0.3) is 0 Å². The van der Waals surface area contributed by atoms with Crippen molar-refractivity contribution in [1.29, 1.82) is 0 Å². The standard InChI is InChI=1S/C32H54O4S2/c1-22(2)7-6-8-23(3)27-11-12-28-26-10-9-24-21-25(36-30(34)35-18-20-38-37-19-17-33)13-15-31(24,4)29(26)14-16-32(27,28)5/h9,22-23,25-29,33H,6-8,10-21H2,1-5H3/t23-,25+,26+,27-,28+,29+,31+,32-/m1/s1. The maximum Gasteiger partial charge on any atom is 0.508 e. The van der Waals surface area contributed by atoms with Crippen LogP contribution in [0.2, 0.25) is 0 Å². The predicted octanol–water partition coefficient (Wildman–Crippen LogP) is 8.92. The quantitative estimate of drug-likeness (QED) is 0.110. The molecule has 4 aliphatic rings. The molecule has 0 bridgehead atoms. The number of ether oxygens (including phenoxy) is 2. The van der Waals surface area contributed by atoms with Crippen LogP contribution in [0.3, 0.4) is 0 Å². The molecule has 0 amide bonds. The minimum absolute atomic E-state index is 0.0498. The van der Waals surface area contributed by atoms with E-state index in [0.29, 0.717) is 23.5 Å². The van der Waals surface area contributed by atoms with E-state index in [1.54, 1.807) is 27.2 Å². The Bertz CT molecular complexity index is 815. The van der Waals surface area contributed by atoms with E-state index >= 15 is 0 Å². The molecule has 6 heteroatoms. The fourth-order valence-electron chi connectivity index (χ4n) is 9.24. The summed E-state index contributed by atoms with van der Waals surface area (Å²) in [5.41, 5.74) is 2.35. The van der Waals surface area contributed by atoms with Crippen LogP contribution in [-0.4, -0.2) is 42.1 Å². The lowest BCUT2D eigenvalue weighted by Gasteiger charge is -2.58. The number of rotatable bonds is 12. The maximum absolute atomic E-state index is 12.3. The zero-order valence-corrected chi connectivity index (χ0v) is 26.3. The predicted molar refractivity (Wildman–Crippen MR) is 161 cm³/mol. The van der Waals surface area contributed by atoms with Crippen molar-refractivity contribution in [2.24, 2.45) is 46.3 Å². The highest BCUT2D eigenvalue weighted by atomic mass is 33.1. The number of carbonyl (C=O) groups excluding carboxylic acids is 1. The molecule has 3 fully saturated rings. The molecule has 0 aromatic rings. The van der Waals surface area contributed by atoms with Crippen molar-refractivity contribution >= 4 is 27.7 Å². The SMILES string of the molecule is CC(C)CCC[C@@H](C)[C@H]1CC[C@H]2[C@@H]3CC=C4C[C@@H](OC(=O)OCCSSCCO)CC[C@]4(C)[C@H]3CC[C@]12C. The molecule has 218 valence electrons. The molecule has 8 atom stereocenters. The van der Waals surface area contributed by atoms with E-state index in [0.717, 1.165) is 54.8 Å². The second-order valence-electron chi connectivity index (χ2n) is 13.7. The van der Waals surface area contributed by atoms with Gasteiger partial charge in [0.05, 0.1) is 6.61 Å². The molecule has 1 N–H and O–H groups in total. The molecule has 4 nitrogen and oxygen atoms in total. The van der Waals surface area contributed by atoms with Gasteiger partial charge in [0.1, 0.15) is 12.7 Å². The topological polar surface area (TPSA) is 55.8 Å². The van der Waals surface area contributed by atoms with Crippen LogP contribution in [0.5, 0.6) is 0 Å². The first kappa shape index (κ1) is 30.6. The van der Waals surface area contributed by atoms with E-state index in [1.807, 2.05) is 0 Å². The van der Waals surface area contributed by atoms with Crippen LogP contribution in [0, 0.1) is 46.3 Å². The van der Waals surface area contributed by atoms with Crippen molar-refractivity contribution in [1.82, 2.24) is 0 Å². The summed E-state index contributed by atoms with van der Waals surface area (Å²) >= 11 is 0. The van der Waals surface area contributed by atoms with Gasteiger partial charge in [-0.05, 0) is 91.3 Å². The Morgan fingerprint density at radius 3 is 2.61 bits per heavy atom. The maximum atomic E-state index is 12.3. The van der Waals surface area contributed by atoms with Gasteiger partial charge in [0.2, 0.25) is 0 Å². The third-order valence-electron chi connectivity index (χ3n) is 11.2. The minimum atomic E-state index is -0.520. The van der Waals surface area contributed by atoms with E-state index in [1.165, 1.54) is 51.4 Å². The molecule has 0 unspecified atom stereocenters. The largest absolute Gasteiger partial charge is 0.508 e. The summed E-state index contributed by atoms with van der Waals surface area (Å²) in [6.07, 6.45) is 16.0. The second kappa shape index (κ2) is 13.6. The number of carbonyl (C=O) groups is 1. The average Bonchev–Trinajstić information content (AvgIpc) is 3.23. The second-order valence-corrected chi connectivity index (χ2v) is 16.4. The van der Waals surface area contributed by atoms with Crippen molar-refractivity contribution < 1.29 is 19.4 Å². The van der Waals surface area contributed by atoms with Crippen molar-refractivity contribution in [2.45, 2.75) is 111 Å². The molecule has 4 aliphatic carbocycles. The van der Waals surface area contributed by atoms with Gasteiger partial charge in [-0.15, -0.1) is 0 Å². The van der Waals surface area contributed by atoms with Crippen LogP contribution in [-0.2, 0) is 9.47 Å². The van der Waals surface area contributed by atoms with E-state index in [2.05, 4.69) is 40.7 Å². The number of hydrogen-bond donors (Lipinski definition) is 1. The van der Waals surface area contributed by atoms with E-state index in [4.69, 9.17) is 14.6 Å². The van der Waals surface area contributed by atoms with Gasteiger partial charge in [0.25, 0.3) is 0 Å². The van der Waals surface area contributed by atoms with Gasteiger partial charge in [0, 0.05) is 17.9 Å². The molecule has 0 aromatic heterocycles. The van der Waals surface area contributed by atoms with Gasteiger partial charge in [-0.3, -0.25) is 0 Å². The average molecular weight is 567 g/mol. The summed E-state index contributed by atoms with van der Waals surface area (Å²) in [5, 5.41) is 8.84. The highest BCUT2D eigenvalue weighted by Gasteiger charge is 2.59. The van der Waals surface area contributed by atoms with Gasteiger partial charge in [-0.1, -0.05) is 87.1 Å². The number of aliphatic hydroxyl groups is 1. The molecular weight excluding hydrogens is 512 g/mol. The third kappa shape index (κ3) is 6.75. The fraction of sp³-hybridized carbons (Fsp3) is 0.906. The summed E-state index contributed by atoms with van der Waals surface area (Å²) in [7, 11) is 3.22. The molecule has 0 spiro atoms. The van der Waals surface area contributed by atoms with Gasteiger partial charge >= 0.3 is 6.16 Å². The first-order valence-corrected chi connectivity index (χ1v) is 18.1.